The van der Waals surface area contributed by atoms with E-state index in [2.05, 4.69) is 39.9 Å². The molecule has 0 bridgehead atoms. The molecule has 6 nitrogen and oxygen atoms in total. The van der Waals surface area contributed by atoms with Crippen molar-refractivity contribution < 1.29 is 14.3 Å². The number of fused-ring (bicyclic) bond motifs is 1. The lowest BCUT2D eigenvalue weighted by atomic mass is 10.0. The van der Waals surface area contributed by atoms with E-state index in [1.165, 1.54) is 22.5 Å². The molecule has 0 radical (unpaired) electrons. The number of carbonyl (C=O) groups excluding carboxylic acids is 2. The first-order valence-corrected chi connectivity index (χ1v) is 12.8. The van der Waals surface area contributed by atoms with Crippen LogP contribution in [0.3, 0.4) is 0 Å². The van der Waals surface area contributed by atoms with Crippen LogP contribution >= 0.6 is 22.7 Å². The minimum atomic E-state index is -0.107. The summed E-state index contributed by atoms with van der Waals surface area (Å²) < 4.78 is 5.58. The number of thiophene rings is 1. The van der Waals surface area contributed by atoms with Crippen molar-refractivity contribution in [2.45, 2.75) is 25.8 Å². The van der Waals surface area contributed by atoms with E-state index in [1.807, 2.05) is 35.7 Å². The van der Waals surface area contributed by atoms with Crippen molar-refractivity contribution in [3.05, 3.63) is 87.1 Å². The van der Waals surface area contributed by atoms with Crippen LogP contribution in [0, 0.1) is 0 Å². The lowest BCUT2D eigenvalue weighted by Crippen LogP contribution is -2.24. The first kappa shape index (κ1) is 22.3. The Morgan fingerprint density at radius 3 is 2.65 bits per heavy atom. The third kappa shape index (κ3) is 5.52. The van der Waals surface area contributed by atoms with Crippen LogP contribution in [0.4, 0.5) is 5.13 Å². The van der Waals surface area contributed by atoms with E-state index in [9.17, 15) is 9.59 Å². The highest BCUT2D eigenvalue weighted by Crippen LogP contribution is 2.30. The van der Waals surface area contributed by atoms with Gasteiger partial charge in [-0.25, -0.2) is 4.98 Å². The van der Waals surface area contributed by atoms with Gasteiger partial charge in [-0.3, -0.25) is 9.59 Å². The Morgan fingerprint density at radius 1 is 0.971 bits per heavy atom. The summed E-state index contributed by atoms with van der Waals surface area (Å²) in [4.78, 5) is 29.9. The van der Waals surface area contributed by atoms with Crippen LogP contribution in [0.1, 0.15) is 21.7 Å². The van der Waals surface area contributed by atoms with Gasteiger partial charge in [-0.15, -0.1) is 22.7 Å². The van der Waals surface area contributed by atoms with Gasteiger partial charge in [0, 0.05) is 23.2 Å². The van der Waals surface area contributed by atoms with E-state index in [0.717, 1.165) is 34.8 Å². The normalized spacial score (nSPS) is 12.1. The molecule has 34 heavy (non-hydrogen) atoms. The van der Waals surface area contributed by atoms with Crippen LogP contribution in [0.15, 0.2) is 65.4 Å². The molecule has 172 valence electrons. The minimum Gasteiger partial charge on any atom is -0.493 e. The lowest BCUT2D eigenvalue weighted by molar-refractivity contribution is -0.120. The number of ether oxygens (including phenoxy) is 1. The fraction of sp³-hybridized carbons (Fsp3) is 0.192. The summed E-state index contributed by atoms with van der Waals surface area (Å²) in [5.74, 6) is 0.769. The molecule has 0 fully saturated rings. The third-order valence-electron chi connectivity index (χ3n) is 5.52. The molecule has 0 unspecified atom stereocenters. The highest BCUT2D eigenvalue weighted by molar-refractivity contribution is 7.14. The van der Waals surface area contributed by atoms with Crippen LogP contribution in [-0.4, -0.2) is 23.4 Å². The number of anilines is 1. The summed E-state index contributed by atoms with van der Waals surface area (Å²) in [7, 11) is 0. The van der Waals surface area contributed by atoms with Crippen molar-refractivity contribution in [2.24, 2.45) is 0 Å². The largest absolute Gasteiger partial charge is 0.493 e. The number of amides is 2. The molecular formula is C26H23N3O3S2. The molecule has 1 aliphatic rings. The number of aromatic nitrogens is 1. The maximum atomic E-state index is 12.4. The van der Waals surface area contributed by atoms with Crippen molar-refractivity contribution >= 4 is 39.6 Å². The van der Waals surface area contributed by atoms with Gasteiger partial charge in [0.25, 0.3) is 0 Å². The van der Waals surface area contributed by atoms with E-state index in [4.69, 9.17) is 4.74 Å². The van der Waals surface area contributed by atoms with Crippen molar-refractivity contribution in [3.8, 4) is 16.9 Å². The standard InChI is InChI=1S/C26H23N3O3S2/c30-24(13-21-16-34-26(28-21)29-25(31)14-22-2-1-11-33-22)27-15-17-3-5-18(6-4-17)19-7-8-23-20(12-19)9-10-32-23/h1-8,11-12,16H,9-10,13-15H2,(H,27,30)(H,28,29,31). The number of hydrogen-bond acceptors (Lipinski definition) is 6. The molecule has 2 N–H and O–H groups in total. The van der Waals surface area contributed by atoms with Gasteiger partial charge in [-0.2, -0.15) is 0 Å². The molecule has 2 amide bonds. The summed E-state index contributed by atoms with van der Waals surface area (Å²) in [6, 6.07) is 18.4. The molecule has 0 spiro atoms. The molecular weight excluding hydrogens is 466 g/mol. The van der Waals surface area contributed by atoms with Gasteiger partial charge in [0.1, 0.15) is 5.75 Å². The lowest BCUT2D eigenvalue weighted by Gasteiger charge is -2.07. The quantitative estimate of drug-likeness (QED) is 0.371. The second-order valence-corrected chi connectivity index (χ2v) is 9.91. The monoisotopic (exact) mass is 489 g/mol. The molecule has 3 heterocycles. The van der Waals surface area contributed by atoms with Crippen LogP contribution in [0.2, 0.25) is 0 Å². The van der Waals surface area contributed by atoms with Crippen LogP contribution in [0.5, 0.6) is 5.75 Å². The summed E-state index contributed by atoms with van der Waals surface area (Å²) in [6.45, 7) is 1.20. The zero-order chi connectivity index (χ0) is 23.3. The average Bonchev–Trinajstić information content (AvgIpc) is 3.60. The maximum Gasteiger partial charge on any atom is 0.231 e. The minimum absolute atomic E-state index is 0.107. The zero-order valence-electron chi connectivity index (χ0n) is 18.4. The van der Waals surface area contributed by atoms with Gasteiger partial charge in [0.2, 0.25) is 11.8 Å². The fourth-order valence-electron chi connectivity index (χ4n) is 3.79. The van der Waals surface area contributed by atoms with Gasteiger partial charge < -0.3 is 15.4 Å². The molecule has 2 aromatic carbocycles. The Kier molecular flexibility index (Phi) is 6.69. The Labute approximate surface area is 205 Å². The molecule has 2 aromatic heterocycles. The summed E-state index contributed by atoms with van der Waals surface area (Å²) in [5, 5.41) is 10.0. The molecule has 0 saturated heterocycles. The van der Waals surface area contributed by atoms with Gasteiger partial charge in [0.05, 0.1) is 25.1 Å². The van der Waals surface area contributed by atoms with Crippen LogP contribution in [0.25, 0.3) is 11.1 Å². The average molecular weight is 490 g/mol. The van der Waals surface area contributed by atoms with E-state index >= 15 is 0 Å². The predicted molar refractivity (Wildman–Crippen MR) is 135 cm³/mol. The van der Waals surface area contributed by atoms with Crippen molar-refractivity contribution in [1.29, 1.82) is 0 Å². The molecule has 1 aliphatic heterocycles. The smallest absolute Gasteiger partial charge is 0.231 e. The number of benzene rings is 2. The van der Waals surface area contributed by atoms with Crippen molar-refractivity contribution in [2.75, 3.05) is 11.9 Å². The number of rotatable bonds is 8. The van der Waals surface area contributed by atoms with E-state index in [-0.39, 0.29) is 18.2 Å². The molecule has 5 rings (SSSR count). The van der Waals surface area contributed by atoms with E-state index in [0.29, 0.717) is 23.8 Å². The third-order valence-corrected chi connectivity index (χ3v) is 7.20. The van der Waals surface area contributed by atoms with Gasteiger partial charge in [-0.1, -0.05) is 36.4 Å². The second kappa shape index (κ2) is 10.2. The molecule has 0 atom stereocenters. The molecule has 4 aromatic rings. The topological polar surface area (TPSA) is 80.3 Å². The second-order valence-electron chi connectivity index (χ2n) is 8.02. The van der Waals surface area contributed by atoms with E-state index < -0.39 is 0 Å². The zero-order valence-corrected chi connectivity index (χ0v) is 20.0. The number of hydrogen-bond donors (Lipinski definition) is 2. The van der Waals surface area contributed by atoms with Gasteiger partial charge in [0.15, 0.2) is 5.13 Å². The Hall–Kier alpha value is -3.49. The van der Waals surface area contributed by atoms with Gasteiger partial charge >= 0.3 is 0 Å². The van der Waals surface area contributed by atoms with Crippen LogP contribution in [-0.2, 0) is 35.4 Å². The Balaban J connectivity index is 1.10. The van der Waals surface area contributed by atoms with Gasteiger partial charge in [-0.05, 0) is 45.8 Å². The highest BCUT2D eigenvalue weighted by Gasteiger charge is 2.13. The van der Waals surface area contributed by atoms with Crippen LogP contribution < -0.4 is 15.4 Å². The molecule has 0 saturated carbocycles. The first-order valence-electron chi connectivity index (χ1n) is 11.0. The number of thiazole rings is 1. The summed E-state index contributed by atoms with van der Waals surface area (Å²) >= 11 is 2.87. The summed E-state index contributed by atoms with van der Waals surface area (Å²) in [5.41, 5.74) is 5.23. The number of carbonyl (C=O) groups is 2. The van der Waals surface area contributed by atoms with Crippen molar-refractivity contribution in [3.63, 3.8) is 0 Å². The predicted octanol–water partition coefficient (Wildman–Crippen LogP) is 4.85. The molecule has 8 heteroatoms. The maximum absolute atomic E-state index is 12.4. The first-order chi connectivity index (χ1) is 16.6. The van der Waals surface area contributed by atoms with Crippen molar-refractivity contribution in [1.82, 2.24) is 10.3 Å². The SMILES string of the molecule is O=C(Cc1csc(NC(=O)Cc2cccs2)n1)NCc1ccc(-c2ccc3c(c2)CCO3)cc1. The highest BCUT2D eigenvalue weighted by atomic mass is 32.1. The Bertz CT molecular complexity index is 1300. The fourth-order valence-corrected chi connectivity index (χ4v) is 5.22. The number of nitrogens with one attached hydrogen (secondary N) is 2. The Morgan fingerprint density at radius 2 is 1.82 bits per heavy atom. The van der Waals surface area contributed by atoms with E-state index in [1.54, 1.807) is 16.7 Å². The summed E-state index contributed by atoms with van der Waals surface area (Å²) in [6.07, 6.45) is 1.45. The molecule has 0 aliphatic carbocycles. The number of nitrogens with zero attached hydrogens (tertiary/aromatic N) is 1.